The molecule has 1 aliphatic rings. The zero-order chi connectivity index (χ0) is 9.42. The van der Waals surface area contributed by atoms with Crippen molar-refractivity contribution >= 4 is 22.2 Å². The number of aryl methyl sites for hydroxylation is 2. The molecule has 0 atom stereocenters. The average molecular weight is 196 g/mol. The summed E-state index contributed by atoms with van der Waals surface area (Å²) in [7, 11) is 0. The molecule has 0 unspecified atom stereocenters. The van der Waals surface area contributed by atoms with Crippen LogP contribution in [0.2, 0.25) is 0 Å². The minimum absolute atomic E-state index is 0.159. The van der Waals surface area contributed by atoms with Gasteiger partial charge in [-0.2, -0.15) is 0 Å². The Morgan fingerprint density at radius 2 is 2.23 bits per heavy atom. The van der Waals surface area contributed by atoms with Crippen LogP contribution < -0.4 is 5.32 Å². The Hall–Kier alpha value is -0.900. The van der Waals surface area contributed by atoms with E-state index in [1.54, 1.807) is 11.3 Å². The third kappa shape index (κ3) is 1.88. The third-order valence-corrected chi connectivity index (χ3v) is 3.08. The van der Waals surface area contributed by atoms with Crippen LogP contribution in [0.5, 0.6) is 0 Å². The molecule has 0 spiro atoms. The SMILES string of the molecule is Cc1nc(C)c(NC(=O)C2CC2)s1. The zero-order valence-corrected chi connectivity index (χ0v) is 8.57. The normalized spacial score (nSPS) is 15.8. The van der Waals surface area contributed by atoms with Crippen molar-refractivity contribution in [1.82, 2.24) is 4.98 Å². The molecule has 1 N–H and O–H groups in total. The molecule has 0 aromatic carbocycles. The van der Waals surface area contributed by atoms with E-state index in [9.17, 15) is 4.79 Å². The molecule has 1 heterocycles. The lowest BCUT2D eigenvalue weighted by molar-refractivity contribution is -0.117. The molecule has 3 nitrogen and oxygen atoms in total. The van der Waals surface area contributed by atoms with E-state index in [0.717, 1.165) is 28.5 Å². The number of carbonyl (C=O) groups is 1. The first-order valence-corrected chi connectivity index (χ1v) is 5.23. The number of anilines is 1. The maximum absolute atomic E-state index is 11.4. The Kier molecular flexibility index (Phi) is 2.07. The molecule has 0 radical (unpaired) electrons. The number of hydrogen-bond donors (Lipinski definition) is 1. The van der Waals surface area contributed by atoms with Crippen molar-refractivity contribution in [2.24, 2.45) is 5.92 Å². The van der Waals surface area contributed by atoms with E-state index in [2.05, 4.69) is 10.3 Å². The highest BCUT2D eigenvalue weighted by Crippen LogP contribution is 2.32. The molecule has 13 heavy (non-hydrogen) atoms. The molecule has 70 valence electrons. The lowest BCUT2D eigenvalue weighted by Gasteiger charge is -1.99. The van der Waals surface area contributed by atoms with Crippen LogP contribution >= 0.6 is 11.3 Å². The van der Waals surface area contributed by atoms with Crippen LogP contribution in [0.1, 0.15) is 23.5 Å². The van der Waals surface area contributed by atoms with E-state index in [4.69, 9.17) is 0 Å². The number of nitrogens with zero attached hydrogens (tertiary/aromatic N) is 1. The summed E-state index contributed by atoms with van der Waals surface area (Å²) in [6.07, 6.45) is 2.09. The second-order valence-electron chi connectivity index (χ2n) is 3.41. The highest BCUT2D eigenvalue weighted by molar-refractivity contribution is 7.16. The summed E-state index contributed by atoms with van der Waals surface area (Å²) >= 11 is 1.54. The van der Waals surface area contributed by atoms with Gasteiger partial charge in [-0.15, -0.1) is 11.3 Å². The quantitative estimate of drug-likeness (QED) is 0.787. The largest absolute Gasteiger partial charge is 0.316 e. The van der Waals surface area contributed by atoms with E-state index in [1.165, 1.54) is 0 Å². The van der Waals surface area contributed by atoms with Crippen molar-refractivity contribution in [2.75, 3.05) is 5.32 Å². The van der Waals surface area contributed by atoms with E-state index >= 15 is 0 Å². The number of hydrogen-bond acceptors (Lipinski definition) is 3. The molecule has 1 saturated carbocycles. The minimum Gasteiger partial charge on any atom is -0.316 e. The molecule has 1 aromatic rings. The molecule has 0 bridgehead atoms. The van der Waals surface area contributed by atoms with Crippen molar-refractivity contribution in [1.29, 1.82) is 0 Å². The van der Waals surface area contributed by atoms with Gasteiger partial charge < -0.3 is 5.32 Å². The smallest absolute Gasteiger partial charge is 0.228 e. The standard InChI is InChI=1S/C9H12N2OS/c1-5-9(13-6(2)10-5)11-8(12)7-3-4-7/h7H,3-4H2,1-2H3,(H,11,12). The van der Waals surface area contributed by atoms with Crippen molar-refractivity contribution in [3.05, 3.63) is 10.7 Å². The first kappa shape index (κ1) is 8.69. The summed E-state index contributed by atoms with van der Waals surface area (Å²) in [5.41, 5.74) is 0.927. The second-order valence-corrected chi connectivity index (χ2v) is 4.61. The first-order chi connectivity index (χ1) is 6.16. The average Bonchev–Trinajstić information content (AvgIpc) is 2.81. The van der Waals surface area contributed by atoms with Crippen molar-refractivity contribution in [3.63, 3.8) is 0 Å². The van der Waals surface area contributed by atoms with Gasteiger partial charge in [0, 0.05) is 5.92 Å². The van der Waals surface area contributed by atoms with Crippen LogP contribution in [-0.2, 0) is 4.79 Å². The third-order valence-electron chi connectivity index (χ3n) is 2.09. The van der Waals surface area contributed by atoms with Crippen LogP contribution in [-0.4, -0.2) is 10.9 Å². The lowest BCUT2D eigenvalue weighted by Crippen LogP contribution is -2.12. The zero-order valence-electron chi connectivity index (χ0n) is 7.76. The second kappa shape index (κ2) is 3.10. The van der Waals surface area contributed by atoms with E-state index in [-0.39, 0.29) is 11.8 Å². The Bertz CT molecular complexity index is 341. The number of amides is 1. The van der Waals surface area contributed by atoms with Gasteiger partial charge in [0.05, 0.1) is 10.7 Å². The summed E-state index contributed by atoms with van der Waals surface area (Å²) in [5.74, 6) is 0.425. The summed E-state index contributed by atoms with van der Waals surface area (Å²) < 4.78 is 0. The van der Waals surface area contributed by atoms with Crippen molar-refractivity contribution in [3.8, 4) is 0 Å². The van der Waals surface area contributed by atoms with Crippen LogP contribution in [0.25, 0.3) is 0 Å². The Morgan fingerprint density at radius 3 is 2.69 bits per heavy atom. The fourth-order valence-electron chi connectivity index (χ4n) is 1.21. The summed E-state index contributed by atoms with van der Waals surface area (Å²) in [6.45, 7) is 3.87. The number of aromatic nitrogens is 1. The van der Waals surface area contributed by atoms with E-state index in [0.29, 0.717) is 0 Å². The highest BCUT2D eigenvalue weighted by atomic mass is 32.1. The number of nitrogens with one attached hydrogen (secondary N) is 1. The summed E-state index contributed by atoms with van der Waals surface area (Å²) in [5, 5.41) is 4.82. The molecular weight excluding hydrogens is 184 g/mol. The van der Waals surface area contributed by atoms with Crippen LogP contribution in [0.3, 0.4) is 0 Å². The Balaban J connectivity index is 2.07. The molecule has 2 rings (SSSR count). The minimum atomic E-state index is 0.159. The highest BCUT2D eigenvalue weighted by Gasteiger charge is 2.30. The molecule has 0 saturated heterocycles. The van der Waals surface area contributed by atoms with Gasteiger partial charge in [-0.3, -0.25) is 4.79 Å². The summed E-state index contributed by atoms with van der Waals surface area (Å²) in [6, 6.07) is 0. The Morgan fingerprint density at radius 1 is 1.54 bits per heavy atom. The van der Waals surface area contributed by atoms with Crippen LogP contribution in [0.15, 0.2) is 0 Å². The predicted molar refractivity (Wildman–Crippen MR) is 52.9 cm³/mol. The topological polar surface area (TPSA) is 42.0 Å². The van der Waals surface area contributed by atoms with Gasteiger partial charge in [0.1, 0.15) is 5.00 Å². The Labute approximate surface area is 81.2 Å². The maximum Gasteiger partial charge on any atom is 0.228 e. The molecule has 0 aliphatic heterocycles. The molecule has 4 heteroatoms. The van der Waals surface area contributed by atoms with Gasteiger partial charge in [-0.05, 0) is 26.7 Å². The molecular formula is C9H12N2OS. The van der Waals surface area contributed by atoms with Gasteiger partial charge in [-0.25, -0.2) is 4.98 Å². The monoisotopic (exact) mass is 196 g/mol. The van der Waals surface area contributed by atoms with Crippen LogP contribution in [0.4, 0.5) is 5.00 Å². The van der Waals surface area contributed by atoms with Crippen molar-refractivity contribution < 1.29 is 4.79 Å². The first-order valence-electron chi connectivity index (χ1n) is 4.41. The molecule has 1 aliphatic carbocycles. The van der Waals surface area contributed by atoms with Gasteiger partial charge in [-0.1, -0.05) is 0 Å². The van der Waals surface area contributed by atoms with Gasteiger partial charge >= 0.3 is 0 Å². The van der Waals surface area contributed by atoms with Crippen molar-refractivity contribution in [2.45, 2.75) is 26.7 Å². The number of rotatable bonds is 2. The number of carbonyl (C=O) groups excluding carboxylic acids is 1. The van der Waals surface area contributed by atoms with E-state index < -0.39 is 0 Å². The van der Waals surface area contributed by atoms with Gasteiger partial charge in [0.2, 0.25) is 5.91 Å². The summed E-state index contributed by atoms with van der Waals surface area (Å²) in [4.78, 5) is 15.7. The molecule has 1 amide bonds. The maximum atomic E-state index is 11.4. The van der Waals surface area contributed by atoms with Gasteiger partial charge in [0.25, 0.3) is 0 Å². The van der Waals surface area contributed by atoms with E-state index in [1.807, 2.05) is 13.8 Å². The molecule has 1 fully saturated rings. The van der Waals surface area contributed by atoms with Crippen LogP contribution in [0, 0.1) is 19.8 Å². The molecule has 1 aromatic heterocycles. The fraction of sp³-hybridized carbons (Fsp3) is 0.556. The predicted octanol–water partition coefficient (Wildman–Crippen LogP) is 2.11. The lowest BCUT2D eigenvalue weighted by atomic mass is 10.4. The fourth-order valence-corrected chi connectivity index (χ4v) is 2.03. The number of thiazole rings is 1. The van der Waals surface area contributed by atoms with Gasteiger partial charge in [0.15, 0.2) is 0 Å².